The van der Waals surface area contributed by atoms with E-state index in [2.05, 4.69) is 115 Å². The third-order valence-corrected chi connectivity index (χ3v) is 13.2. The SMILES string of the molecule is CCCC[C@H]1CCC[C@H](O[Si](c2ccccc2)(c2ccccc2)C(C)(C)C)/C1=C(/OCC)O[Si](C)(C)C. The smallest absolute Gasteiger partial charge is 0.267 e. The molecule has 0 N–H and O–H groups in total. The van der Waals surface area contributed by atoms with Crippen molar-refractivity contribution in [3.05, 3.63) is 72.2 Å². The number of unbranched alkanes of at least 4 members (excludes halogenated alkanes) is 1. The molecule has 3 nitrogen and oxygen atoms in total. The van der Waals surface area contributed by atoms with Crippen molar-refractivity contribution in [3.8, 4) is 0 Å². The van der Waals surface area contributed by atoms with E-state index in [1.165, 1.54) is 41.6 Å². The van der Waals surface area contributed by atoms with Gasteiger partial charge in [0, 0.05) is 5.57 Å². The summed E-state index contributed by atoms with van der Waals surface area (Å²) in [5.74, 6) is 1.21. The zero-order chi connectivity index (χ0) is 27.1. The van der Waals surface area contributed by atoms with E-state index in [9.17, 15) is 0 Å². The van der Waals surface area contributed by atoms with E-state index < -0.39 is 16.6 Å². The molecule has 0 aliphatic heterocycles. The molecule has 1 saturated carbocycles. The highest BCUT2D eigenvalue weighted by Gasteiger charge is 2.52. The largest absolute Gasteiger partial charge is 0.520 e. The van der Waals surface area contributed by atoms with E-state index in [1.54, 1.807) is 0 Å². The number of benzene rings is 2. The summed E-state index contributed by atoms with van der Waals surface area (Å²) in [4.78, 5) is 0. The van der Waals surface area contributed by atoms with Crippen LogP contribution in [-0.2, 0) is 13.6 Å². The minimum Gasteiger partial charge on any atom is -0.520 e. The molecule has 0 unspecified atom stereocenters. The van der Waals surface area contributed by atoms with Crippen molar-refractivity contribution < 1.29 is 13.6 Å². The van der Waals surface area contributed by atoms with Crippen LogP contribution in [0.15, 0.2) is 72.2 Å². The molecule has 0 bridgehead atoms. The van der Waals surface area contributed by atoms with E-state index in [4.69, 9.17) is 13.6 Å². The van der Waals surface area contributed by atoms with E-state index in [1.807, 2.05) is 0 Å². The molecular formula is C32H50O3Si2. The highest BCUT2D eigenvalue weighted by Crippen LogP contribution is 2.44. The first kappa shape index (κ1) is 29.7. The Labute approximate surface area is 228 Å². The Morgan fingerprint density at radius 2 is 1.43 bits per heavy atom. The summed E-state index contributed by atoms with van der Waals surface area (Å²) < 4.78 is 20.8. The molecule has 0 heterocycles. The average molecular weight is 539 g/mol. The number of hydrogen-bond donors (Lipinski definition) is 0. The summed E-state index contributed by atoms with van der Waals surface area (Å²) in [6, 6.07) is 22.0. The first-order chi connectivity index (χ1) is 17.5. The normalized spacial score (nSPS) is 20.4. The molecule has 2 aromatic carbocycles. The van der Waals surface area contributed by atoms with Crippen LogP contribution in [0.5, 0.6) is 0 Å². The predicted molar refractivity (Wildman–Crippen MR) is 162 cm³/mol. The number of hydrogen-bond acceptors (Lipinski definition) is 3. The van der Waals surface area contributed by atoms with Crippen molar-refractivity contribution >= 4 is 27.0 Å². The second kappa shape index (κ2) is 12.8. The maximum absolute atomic E-state index is 7.72. The molecule has 1 aliphatic rings. The van der Waals surface area contributed by atoms with Crippen LogP contribution in [-0.4, -0.2) is 29.3 Å². The fourth-order valence-corrected chi connectivity index (χ4v) is 11.2. The van der Waals surface area contributed by atoms with Gasteiger partial charge in [-0.05, 0) is 73.6 Å². The molecule has 0 amide bonds. The Hall–Kier alpha value is -1.83. The van der Waals surface area contributed by atoms with Crippen molar-refractivity contribution in [2.45, 2.75) is 104 Å². The Morgan fingerprint density at radius 3 is 1.89 bits per heavy atom. The number of rotatable bonds is 11. The first-order valence-corrected chi connectivity index (χ1v) is 19.7. The van der Waals surface area contributed by atoms with Gasteiger partial charge in [0.2, 0.25) is 8.32 Å². The molecule has 3 rings (SSSR count). The van der Waals surface area contributed by atoms with E-state index in [-0.39, 0.29) is 11.1 Å². The van der Waals surface area contributed by atoms with Gasteiger partial charge in [-0.1, -0.05) is 101 Å². The topological polar surface area (TPSA) is 27.7 Å². The van der Waals surface area contributed by atoms with Crippen LogP contribution in [0.4, 0.5) is 0 Å². The maximum atomic E-state index is 7.72. The van der Waals surface area contributed by atoms with Gasteiger partial charge in [-0.15, -0.1) is 0 Å². The monoisotopic (exact) mass is 538 g/mol. The van der Waals surface area contributed by atoms with Gasteiger partial charge < -0.3 is 13.6 Å². The lowest BCUT2D eigenvalue weighted by Gasteiger charge is -2.47. The molecule has 5 heteroatoms. The van der Waals surface area contributed by atoms with E-state index in [0.717, 1.165) is 18.8 Å². The summed E-state index contributed by atoms with van der Waals surface area (Å²) in [5, 5.41) is 2.59. The fraction of sp³-hybridized carbons (Fsp3) is 0.562. The molecular weight excluding hydrogens is 489 g/mol. The summed E-state index contributed by atoms with van der Waals surface area (Å²) in [6.07, 6.45) is 6.93. The van der Waals surface area contributed by atoms with Gasteiger partial charge in [-0.25, -0.2) is 0 Å². The molecule has 0 aromatic heterocycles. The van der Waals surface area contributed by atoms with Gasteiger partial charge >= 0.3 is 0 Å². The van der Waals surface area contributed by atoms with Gasteiger partial charge in [0.15, 0.2) is 0 Å². The highest BCUT2D eigenvalue weighted by molar-refractivity contribution is 6.99. The van der Waals surface area contributed by atoms with Crippen molar-refractivity contribution in [2.75, 3.05) is 6.61 Å². The minimum atomic E-state index is -2.70. The lowest BCUT2D eigenvalue weighted by atomic mass is 9.80. The molecule has 37 heavy (non-hydrogen) atoms. The molecule has 0 saturated heterocycles. The molecule has 2 aromatic rings. The maximum Gasteiger partial charge on any atom is 0.267 e. The van der Waals surface area contributed by atoms with Crippen LogP contribution in [0.25, 0.3) is 0 Å². The summed E-state index contributed by atoms with van der Waals surface area (Å²) in [5.41, 5.74) is 1.29. The van der Waals surface area contributed by atoms with Crippen molar-refractivity contribution in [1.82, 2.24) is 0 Å². The van der Waals surface area contributed by atoms with E-state index >= 15 is 0 Å². The summed E-state index contributed by atoms with van der Waals surface area (Å²) >= 11 is 0. The average Bonchev–Trinajstić information content (AvgIpc) is 2.85. The quantitative estimate of drug-likeness (QED) is 0.214. The fourth-order valence-electron chi connectivity index (χ4n) is 5.78. The predicted octanol–water partition coefficient (Wildman–Crippen LogP) is 8.02. The van der Waals surface area contributed by atoms with Crippen LogP contribution >= 0.6 is 0 Å². The Morgan fingerprint density at radius 1 is 0.865 bits per heavy atom. The van der Waals surface area contributed by atoms with Gasteiger partial charge in [-0.2, -0.15) is 0 Å². The molecule has 0 spiro atoms. The minimum absolute atomic E-state index is 0.0141. The van der Waals surface area contributed by atoms with Crippen LogP contribution in [0.3, 0.4) is 0 Å². The Kier molecular flexibility index (Phi) is 10.3. The molecule has 0 radical (unpaired) electrons. The van der Waals surface area contributed by atoms with Gasteiger partial charge in [0.1, 0.15) is 0 Å². The van der Waals surface area contributed by atoms with Gasteiger partial charge in [-0.3, -0.25) is 0 Å². The molecule has 2 atom stereocenters. The lowest BCUT2D eigenvalue weighted by molar-refractivity contribution is 0.0798. The summed E-state index contributed by atoms with van der Waals surface area (Å²) in [7, 11) is -4.58. The van der Waals surface area contributed by atoms with Crippen LogP contribution in [0.1, 0.15) is 73.1 Å². The zero-order valence-electron chi connectivity index (χ0n) is 24.6. The Bertz CT molecular complexity index is 951. The second-order valence-corrected chi connectivity index (χ2v) is 21.1. The van der Waals surface area contributed by atoms with Crippen LogP contribution in [0.2, 0.25) is 24.7 Å². The second-order valence-electron chi connectivity index (χ2n) is 12.4. The molecule has 204 valence electrons. The third kappa shape index (κ3) is 7.18. The zero-order valence-corrected chi connectivity index (χ0v) is 26.6. The lowest BCUT2D eigenvalue weighted by Crippen LogP contribution is -2.68. The van der Waals surface area contributed by atoms with Crippen LogP contribution in [0, 0.1) is 5.92 Å². The van der Waals surface area contributed by atoms with Gasteiger partial charge in [0.05, 0.1) is 12.7 Å². The first-order valence-electron chi connectivity index (χ1n) is 14.4. The number of ether oxygens (including phenoxy) is 1. The van der Waals surface area contributed by atoms with E-state index in [0.29, 0.717) is 12.5 Å². The Balaban J connectivity index is 2.24. The standard InChI is InChI=1S/C32H50O3Si2/c1-9-11-19-26-20-18-25-29(30(26)31(33-10-2)35-36(6,7)8)34-37(32(3,4)5,27-21-14-12-15-22-27)28-23-16-13-17-24-28/h12-17,21-24,26,29H,9-11,18-20,25H2,1-8H3/b31-30-/t26-,29-/m0/s1. The van der Waals surface area contributed by atoms with Crippen molar-refractivity contribution in [2.24, 2.45) is 5.92 Å². The molecule has 1 fully saturated rings. The van der Waals surface area contributed by atoms with Crippen LogP contribution < -0.4 is 10.4 Å². The van der Waals surface area contributed by atoms with Crippen molar-refractivity contribution in [3.63, 3.8) is 0 Å². The highest BCUT2D eigenvalue weighted by atomic mass is 28.4. The van der Waals surface area contributed by atoms with Gasteiger partial charge in [0.25, 0.3) is 14.3 Å². The third-order valence-electron chi connectivity index (χ3n) is 7.36. The van der Waals surface area contributed by atoms with Crippen molar-refractivity contribution in [1.29, 1.82) is 0 Å². The molecule has 1 aliphatic carbocycles. The summed E-state index contributed by atoms with van der Waals surface area (Å²) in [6.45, 7) is 18.8.